The average molecular weight is 461 g/mol. The zero-order valence-electron chi connectivity index (χ0n) is 19.7. The number of amides is 1. The first-order valence-electron chi connectivity index (χ1n) is 11.7. The maximum absolute atomic E-state index is 12.3. The van der Waals surface area contributed by atoms with Gasteiger partial charge in [0.15, 0.2) is 0 Å². The summed E-state index contributed by atoms with van der Waals surface area (Å²) in [5.41, 5.74) is 10.5. The van der Waals surface area contributed by atoms with Gasteiger partial charge in [-0.3, -0.25) is 4.79 Å². The van der Waals surface area contributed by atoms with Crippen LogP contribution in [0, 0.1) is 5.92 Å². The molecule has 4 rings (SSSR count). The van der Waals surface area contributed by atoms with Crippen LogP contribution in [0.2, 0.25) is 0 Å². The largest absolute Gasteiger partial charge is 0.378 e. The van der Waals surface area contributed by atoms with Gasteiger partial charge in [0.05, 0.1) is 24.9 Å². The molecule has 1 atom stereocenters. The molecular formula is C26H32N6O2. The van der Waals surface area contributed by atoms with E-state index in [0.717, 1.165) is 43.2 Å². The molecule has 1 aromatic heterocycles. The van der Waals surface area contributed by atoms with Crippen molar-refractivity contribution in [2.75, 3.05) is 41.8 Å². The second kappa shape index (κ2) is 11.1. The minimum atomic E-state index is -0.516. The number of benzene rings is 2. The number of nitrogens with zero attached hydrogens (tertiary/aromatic N) is 3. The summed E-state index contributed by atoms with van der Waals surface area (Å²) in [6.45, 7) is 7.44. The molecule has 0 aliphatic carbocycles. The van der Waals surface area contributed by atoms with Gasteiger partial charge in [0, 0.05) is 41.9 Å². The molecule has 178 valence electrons. The van der Waals surface area contributed by atoms with Crippen LogP contribution >= 0.6 is 0 Å². The number of nitrogens with one attached hydrogen (secondary N) is 2. The Kier molecular flexibility index (Phi) is 7.72. The molecule has 8 nitrogen and oxygen atoms in total. The topological polar surface area (TPSA) is 105 Å². The maximum atomic E-state index is 12.3. The molecule has 34 heavy (non-hydrogen) atoms. The molecule has 1 aliphatic heterocycles. The van der Waals surface area contributed by atoms with Crippen LogP contribution in [-0.2, 0) is 9.53 Å². The number of carbonyl (C=O) groups excluding carboxylic acids is 1. The number of morpholine rings is 1. The molecule has 0 spiro atoms. The minimum absolute atomic E-state index is 0.172. The quantitative estimate of drug-likeness (QED) is 0.466. The van der Waals surface area contributed by atoms with Gasteiger partial charge < -0.3 is 26.0 Å². The predicted molar refractivity (Wildman–Crippen MR) is 136 cm³/mol. The molecule has 1 unspecified atom stereocenters. The Morgan fingerprint density at radius 1 is 1.03 bits per heavy atom. The number of anilines is 4. The van der Waals surface area contributed by atoms with E-state index in [9.17, 15) is 4.79 Å². The molecular weight excluding hydrogens is 428 g/mol. The molecule has 1 fully saturated rings. The molecule has 1 aliphatic rings. The lowest BCUT2D eigenvalue weighted by molar-refractivity contribution is -0.117. The van der Waals surface area contributed by atoms with E-state index >= 15 is 0 Å². The standard InChI is InChI=1S/C26H32N6O2/c1-18(2)17-23(27)25(33)29-20-5-3-19(4-6-20)24-11-12-28-26(31-24)30-21-7-9-22(10-8-21)32-13-15-34-16-14-32/h3-12,18,23H,13-17,27H2,1-2H3,(H,29,33)(H,28,30,31). The van der Waals surface area contributed by atoms with Crippen LogP contribution in [0.1, 0.15) is 20.3 Å². The lowest BCUT2D eigenvalue weighted by Gasteiger charge is -2.28. The van der Waals surface area contributed by atoms with E-state index in [2.05, 4.69) is 37.6 Å². The van der Waals surface area contributed by atoms with Gasteiger partial charge in [0.2, 0.25) is 11.9 Å². The second-order valence-electron chi connectivity index (χ2n) is 8.84. The summed E-state index contributed by atoms with van der Waals surface area (Å²) < 4.78 is 5.42. The first-order chi connectivity index (χ1) is 16.5. The summed E-state index contributed by atoms with van der Waals surface area (Å²) in [5.74, 6) is 0.717. The van der Waals surface area contributed by atoms with Crippen LogP contribution in [0.25, 0.3) is 11.3 Å². The maximum Gasteiger partial charge on any atom is 0.241 e. The number of carbonyl (C=O) groups is 1. The third-order valence-electron chi connectivity index (χ3n) is 5.67. The van der Waals surface area contributed by atoms with E-state index in [0.29, 0.717) is 24.0 Å². The van der Waals surface area contributed by atoms with E-state index in [1.807, 2.05) is 56.3 Å². The molecule has 0 radical (unpaired) electrons. The third kappa shape index (κ3) is 6.30. The SMILES string of the molecule is CC(C)CC(N)C(=O)Nc1ccc(-c2ccnc(Nc3ccc(N4CCOCC4)cc3)n2)cc1. The van der Waals surface area contributed by atoms with Crippen molar-refractivity contribution < 1.29 is 9.53 Å². The van der Waals surface area contributed by atoms with E-state index in [1.165, 1.54) is 5.69 Å². The molecule has 3 aromatic rings. The van der Waals surface area contributed by atoms with Crippen LogP contribution in [0.4, 0.5) is 23.0 Å². The van der Waals surface area contributed by atoms with E-state index in [-0.39, 0.29) is 5.91 Å². The van der Waals surface area contributed by atoms with Crippen molar-refractivity contribution in [1.29, 1.82) is 0 Å². The Balaban J connectivity index is 1.38. The van der Waals surface area contributed by atoms with Crippen LogP contribution in [0.5, 0.6) is 0 Å². The number of nitrogens with two attached hydrogens (primary N) is 1. The highest BCUT2D eigenvalue weighted by Gasteiger charge is 2.15. The number of rotatable bonds is 8. The van der Waals surface area contributed by atoms with Crippen molar-refractivity contribution in [2.24, 2.45) is 11.7 Å². The highest BCUT2D eigenvalue weighted by atomic mass is 16.5. The lowest BCUT2D eigenvalue weighted by Crippen LogP contribution is -2.36. The molecule has 2 heterocycles. The Morgan fingerprint density at radius 2 is 1.71 bits per heavy atom. The average Bonchev–Trinajstić information content (AvgIpc) is 2.85. The van der Waals surface area contributed by atoms with Crippen LogP contribution in [0.3, 0.4) is 0 Å². The minimum Gasteiger partial charge on any atom is -0.378 e. The fourth-order valence-electron chi connectivity index (χ4n) is 3.86. The van der Waals surface area contributed by atoms with Crippen molar-refractivity contribution in [3.63, 3.8) is 0 Å². The summed E-state index contributed by atoms with van der Waals surface area (Å²) >= 11 is 0. The second-order valence-corrected chi connectivity index (χ2v) is 8.84. The monoisotopic (exact) mass is 460 g/mol. The van der Waals surface area contributed by atoms with Crippen molar-refractivity contribution in [3.05, 3.63) is 60.8 Å². The highest BCUT2D eigenvalue weighted by molar-refractivity contribution is 5.94. The van der Waals surface area contributed by atoms with Gasteiger partial charge in [-0.2, -0.15) is 0 Å². The Morgan fingerprint density at radius 3 is 2.38 bits per heavy atom. The number of hydrogen-bond acceptors (Lipinski definition) is 7. The Labute approximate surface area is 200 Å². The zero-order valence-corrected chi connectivity index (χ0v) is 19.7. The van der Waals surface area contributed by atoms with Gasteiger partial charge in [-0.05, 0) is 54.8 Å². The highest BCUT2D eigenvalue weighted by Crippen LogP contribution is 2.23. The smallest absolute Gasteiger partial charge is 0.241 e. The number of aromatic nitrogens is 2. The van der Waals surface area contributed by atoms with E-state index in [4.69, 9.17) is 10.5 Å². The first-order valence-corrected chi connectivity index (χ1v) is 11.7. The fraction of sp³-hybridized carbons (Fsp3) is 0.346. The molecule has 4 N–H and O–H groups in total. The lowest BCUT2D eigenvalue weighted by atomic mass is 10.0. The van der Waals surface area contributed by atoms with Gasteiger partial charge in [0.25, 0.3) is 0 Å². The van der Waals surface area contributed by atoms with Crippen LogP contribution in [-0.4, -0.2) is 48.2 Å². The summed E-state index contributed by atoms with van der Waals surface area (Å²) in [7, 11) is 0. The van der Waals surface area contributed by atoms with Gasteiger partial charge in [0.1, 0.15) is 0 Å². The molecule has 1 amide bonds. The third-order valence-corrected chi connectivity index (χ3v) is 5.67. The van der Waals surface area contributed by atoms with Crippen molar-refractivity contribution >= 4 is 28.9 Å². The molecule has 0 bridgehead atoms. The first kappa shape index (κ1) is 23.7. The van der Waals surface area contributed by atoms with Crippen LogP contribution < -0.4 is 21.3 Å². The van der Waals surface area contributed by atoms with Gasteiger partial charge in [-0.15, -0.1) is 0 Å². The summed E-state index contributed by atoms with van der Waals surface area (Å²) in [5, 5.41) is 6.15. The van der Waals surface area contributed by atoms with E-state index < -0.39 is 6.04 Å². The Hall–Kier alpha value is -3.49. The predicted octanol–water partition coefficient (Wildman–Crippen LogP) is 4.04. The summed E-state index contributed by atoms with van der Waals surface area (Å²) in [6, 6.07) is 17.2. The van der Waals surface area contributed by atoms with Crippen molar-refractivity contribution in [1.82, 2.24) is 9.97 Å². The molecule has 1 saturated heterocycles. The van der Waals surface area contributed by atoms with Crippen LogP contribution in [0.15, 0.2) is 60.8 Å². The fourth-order valence-corrected chi connectivity index (χ4v) is 3.86. The van der Waals surface area contributed by atoms with Gasteiger partial charge in [-0.25, -0.2) is 9.97 Å². The van der Waals surface area contributed by atoms with Crippen molar-refractivity contribution in [3.8, 4) is 11.3 Å². The van der Waals surface area contributed by atoms with Gasteiger partial charge >= 0.3 is 0 Å². The molecule has 2 aromatic carbocycles. The number of hydrogen-bond donors (Lipinski definition) is 3. The summed E-state index contributed by atoms with van der Waals surface area (Å²) in [6.07, 6.45) is 2.38. The van der Waals surface area contributed by atoms with E-state index in [1.54, 1.807) is 6.20 Å². The normalized spacial score (nSPS) is 14.6. The number of ether oxygens (including phenoxy) is 1. The zero-order chi connectivity index (χ0) is 23.9. The Bertz CT molecular complexity index is 1080. The molecule has 0 saturated carbocycles. The van der Waals surface area contributed by atoms with Gasteiger partial charge in [-0.1, -0.05) is 26.0 Å². The van der Waals surface area contributed by atoms with Crippen molar-refractivity contribution in [2.45, 2.75) is 26.3 Å². The molecule has 8 heteroatoms. The summed E-state index contributed by atoms with van der Waals surface area (Å²) in [4.78, 5) is 23.6.